The Bertz CT molecular complexity index is 503. The topological polar surface area (TPSA) is 74.2 Å². The molecule has 0 atom stereocenters. The highest BCUT2D eigenvalue weighted by Crippen LogP contribution is 2.19. The number of esters is 1. The molecule has 1 saturated heterocycles. The SMILES string of the molecule is CCNC(=NCC(=O)N(C)CC(F)(F)F)N1CCC(C(=O)OCC)CC1. The molecule has 26 heavy (non-hydrogen) atoms. The second kappa shape index (κ2) is 10.2. The Labute approximate surface area is 151 Å². The summed E-state index contributed by atoms with van der Waals surface area (Å²) >= 11 is 0. The van der Waals surface area contributed by atoms with Gasteiger partial charge in [-0.2, -0.15) is 13.2 Å². The standard InChI is InChI=1S/C16H27F3N4O3/c1-4-20-15(21-10-13(24)22(3)11-16(17,18)19)23-8-6-12(7-9-23)14(25)26-5-2/h12H,4-11H2,1-3H3,(H,20,21). The zero-order valence-electron chi connectivity index (χ0n) is 15.4. The van der Waals surface area contributed by atoms with Crippen molar-refractivity contribution >= 4 is 17.8 Å². The van der Waals surface area contributed by atoms with Gasteiger partial charge in [0.05, 0.1) is 12.5 Å². The molecular formula is C16H27F3N4O3. The van der Waals surface area contributed by atoms with Gasteiger partial charge in [-0.3, -0.25) is 9.59 Å². The van der Waals surface area contributed by atoms with Crippen LogP contribution in [0.2, 0.25) is 0 Å². The molecule has 1 heterocycles. The van der Waals surface area contributed by atoms with Crippen molar-refractivity contribution in [1.82, 2.24) is 15.1 Å². The molecule has 1 N–H and O–H groups in total. The van der Waals surface area contributed by atoms with Gasteiger partial charge in [0.1, 0.15) is 13.1 Å². The molecule has 7 nitrogen and oxygen atoms in total. The van der Waals surface area contributed by atoms with Crippen molar-refractivity contribution in [3.05, 3.63) is 0 Å². The van der Waals surface area contributed by atoms with Crippen molar-refractivity contribution in [1.29, 1.82) is 0 Å². The maximum absolute atomic E-state index is 12.3. The first-order valence-electron chi connectivity index (χ1n) is 8.68. The van der Waals surface area contributed by atoms with E-state index < -0.39 is 18.6 Å². The molecule has 0 spiro atoms. The van der Waals surface area contributed by atoms with E-state index in [1.54, 1.807) is 6.92 Å². The first-order valence-corrected chi connectivity index (χ1v) is 8.68. The highest BCUT2D eigenvalue weighted by molar-refractivity contribution is 5.85. The smallest absolute Gasteiger partial charge is 0.406 e. The monoisotopic (exact) mass is 380 g/mol. The average molecular weight is 380 g/mol. The van der Waals surface area contributed by atoms with E-state index in [2.05, 4.69) is 10.3 Å². The molecule has 0 aromatic heterocycles. The van der Waals surface area contributed by atoms with Crippen molar-refractivity contribution < 1.29 is 27.5 Å². The van der Waals surface area contributed by atoms with E-state index in [9.17, 15) is 22.8 Å². The fourth-order valence-corrected chi connectivity index (χ4v) is 2.63. The molecule has 10 heteroatoms. The van der Waals surface area contributed by atoms with Gasteiger partial charge in [0.15, 0.2) is 5.96 Å². The van der Waals surface area contributed by atoms with Gasteiger partial charge in [0.2, 0.25) is 5.91 Å². The molecule has 0 saturated carbocycles. The molecule has 1 aliphatic rings. The molecule has 0 unspecified atom stereocenters. The number of rotatable bonds is 6. The highest BCUT2D eigenvalue weighted by Gasteiger charge is 2.31. The molecular weight excluding hydrogens is 353 g/mol. The van der Waals surface area contributed by atoms with E-state index in [0.29, 0.717) is 49.9 Å². The molecule has 1 aliphatic heterocycles. The van der Waals surface area contributed by atoms with Gasteiger partial charge < -0.3 is 19.9 Å². The number of carbonyl (C=O) groups excluding carboxylic acids is 2. The first kappa shape index (κ1) is 22.0. The molecule has 1 rings (SSSR count). The van der Waals surface area contributed by atoms with Crippen LogP contribution in [0.4, 0.5) is 13.2 Å². The van der Waals surface area contributed by atoms with Crippen LogP contribution in [-0.2, 0) is 14.3 Å². The lowest BCUT2D eigenvalue weighted by Gasteiger charge is -2.33. The zero-order valence-corrected chi connectivity index (χ0v) is 15.4. The second-order valence-electron chi connectivity index (χ2n) is 6.05. The van der Waals surface area contributed by atoms with Crippen LogP contribution in [0.25, 0.3) is 0 Å². The molecule has 150 valence electrons. The normalized spacial score (nSPS) is 16.4. The van der Waals surface area contributed by atoms with E-state index in [0.717, 1.165) is 7.05 Å². The summed E-state index contributed by atoms with van der Waals surface area (Å²) in [6.45, 7) is 3.97. The van der Waals surface area contributed by atoms with Crippen molar-refractivity contribution in [2.24, 2.45) is 10.9 Å². The lowest BCUT2D eigenvalue weighted by molar-refractivity contribution is -0.157. The summed E-state index contributed by atoms with van der Waals surface area (Å²) in [5.41, 5.74) is 0. The number of halogens is 3. The van der Waals surface area contributed by atoms with E-state index in [1.807, 2.05) is 11.8 Å². The number of alkyl halides is 3. The van der Waals surface area contributed by atoms with Gasteiger partial charge in [-0.05, 0) is 26.7 Å². The number of aliphatic imine (C=N–C) groups is 1. The van der Waals surface area contributed by atoms with Crippen molar-refractivity contribution in [2.75, 3.05) is 46.4 Å². The summed E-state index contributed by atoms with van der Waals surface area (Å²) in [5.74, 6) is -0.616. The first-order chi connectivity index (χ1) is 12.2. The predicted molar refractivity (Wildman–Crippen MR) is 90.6 cm³/mol. The van der Waals surface area contributed by atoms with Crippen molar-refractivity contribution in [3.8, 4) is 0 Å². The van der Waals surface area contributed by atoms with Crippen LogP contribution < -0.4 is 5.32 Å². The summed E-state index contributed by atoms with van der Waals surface area (Å²) in [7, 11) is 1.10. The van der Waals surface area contributed by atoms with Crippen LogP contribution in [-0.4, -0.2) is 80.2 Å². The fraction of sp³-hybridized carbons (Fsp3) is 0.812. The minimum absolute atomic E-state index is 0.159. The number of nitrogens with zero attached hydrogens (tertiary/aromatic N) is 3. The summed E-state index contributed by atoms with van der Waals surface area (Å²) < 4.78 is 42.1. The summed E-state index contributed by atoms with van der Waals surface area (Å²) in [6, 6.07) is 0. The average Bonchev–Trinajstić information content (AvgIpc) is 2.57. The van der Waals surface area contributed by atoms with Crippen LogP contribution in [0.5, 0.6) is 0 Å². The molecule has 0 bridgehead atoms. The lowest BCUT2D eigenvalue weighted by atomic mass is 9.97. The maximum atomic E-state index is 12.3. The Kier molecular flexibility index (Phi) is 8.67. The van der Waals surface area contributed by atoms with E-state index >= 15 is 0 Å². The van der Waals surface area contributed by atoms with Crippen LogP contribution in [0.1, 0.15) is 26.7 Å². The molecule has 0 aliphatic carbocycles. The summed E-state index contributed by atoms with van der Waals surface area (Å²) in [4.78, 5) is 30.3. The number of likely N-dealkylation sites (N-methyl/N-ethyl adjacent to an activating group) is 1. The Morgan fingerprint density at radius 2 is 1.88 bits per heavy atom. The molecule has 0 radical (unpaired) electrons. The highest BCUT2D eigenvalue weighted by atomic mass is 19.4. The lowest BCUT2D eigenvalue weighted by Crippen LogP contribution is -2.47. The van der Waals surface area contributed by atoms with Gasteiger partial charge in [-0.15, -0.1) is 0 Å². The summed E-state index contributed by atoms with van der Waals surface area (Å²) in [5, 5.41) is 3.03. The Balaban J connectivity index is 2.61. The van der Waals surface area contributed by atoms with Crippen LogP contribution in [0.3, 0.4) is 0 Å². The van der Waals surface area contributed by atoms with Gasteiger partial charge >= 0.3 is 12.1 Å². The van der Waals surface area contributed by atoms with Crippen LogP contribution >= 0.6 is 0 Å². The van der Waals surface area contributed by atoms with Crippen LogP contribution in [0, 0.1) is 5.92 Å². The van der Waals surface area contributed by atoms with E-state index in [-0.39, 0.29) is 18.4 Å². The quantitative estimate of drug-likeness (QED) is 0.427. The fourth-order valence-electron chi connectivity index (χ4n) is 2.63. The van der Waals surface area contributed by atoms with Crippen LogP contribution in [0.15, 0.2) is 4.99 Å². The van der Waals surface area contributed by atoms with Gasteiger partial charge in [-0.25, -0.2) is 4.99 Å². The molecule has 1 fully saturated rings. The van der Waals surface area contributed by atoms with Gasteiger partial charge in [-0.1, -0.05) is 0 Å². The zero-order chi connectivity index (χ0) is 19.7. The third-order valence-corrected chi connectivity index (χ3v) is 3.96. The number of amides is 1. The second-order valence-corrected chi connectivity index (χ2v) is 6.05. The van der Waals surface area contributed by atoms with Crippen molar-refractivity contribution in [3.63, 3.8) is 0 Å². The minimum atomic E-state index is -4.44. The third-order valence-electron chi connectivity index (χ3n) is 3.96. The molecule has 0 aromatic rings. The van der Waals surface area contributed by atoms with Gasteiger partial charge in [0, 0.05) is 26.7 Å². The van der Waals surface area contributed by atoms with E-state index in [4.69, 9.17) is 4.74 Å². The maximum Gasteiger partial charge on any atom is 0.406 e. The minimum Gasteiger partial charge on any atom is -0.466 e. The number of likely N-dealkylation sites (tertiary alicyclic amines) is 1. The predicted octanol–water partition coefficient (Wildman–Crippen LogP) is 1.25. The largest absolute Gasteiger partial charge is 0.466 e. The Morgan fingerprint density at radius 3 is 2.38 bits per heavy atom. The number of hydrogen-bond donors (Lipinski definition) is 1. The Morgan fingerprint density at radius 1 is 1.27 bits per heavy atom. The Hall–Kier alpha value is -2.00. The number of ether oxygens (including phenoxy) is 1. The van der Waals surface area contributed by atoms with Gasteiger partial charge in [0.25, 0.3) is 0 Å². The van der Waals surface area contributed by atoms with Crippen molar-refractivity contribution in [2.45, 2.75) is 32.9 Å². The molecule has 0 aromatic carbocycles. The van der Waals surface area contributed by atoms with E-state index in [1.165, 1.54) is 0 Å². The summed E-state index contributed by atoms with van der Waals surface area (Å²) in [6.07, 6.45) is -3.23. The number of carbonyl (C=O) groups is 2. The molecule has 1 amide bonds. The number of hydrogen-bond acceptors (Lipinski definition) is 4. The number of guanidine groups is 1. The third kappa shape index (κ3) is 7.49. The number of piperidine rings is 1. The number of nitrogens with one attached hydrogen (secondary N) is 1.